The number of carbonyl (C=O) groups is 1. The molecular formula is C12H19NO3S. The Kier molecular flexibility index (Phi) is 5.58. The molecule has 5 heteroatoms. The number of thioether (sulfide) groups is 1. The van der Waals surface area contributed by atoms with Crippen molar-refractivity contribution in [3.05, 3.63) is 23.7 Å². The molecule has 0 spiro atoms. The number of rotatable bonds is 6. The predicted molar refractivity (Wildman–Crippen MR) is 69.4 cm³/mol. The van der Waals surface area contributed by atoms with Crippen LogP contribution in [0, 0.1) is 0 Å². The van der Waals surface area contributed by atoms with Crippen molar-refractivity contribution in [2.24, 2.45) is 0 Å². The molecule has 17 heavy (non-hydrogen) atoms. The molecule has 0 bridgehead atoms. The Balaban J connectivity index is 2.59. The van der Waals surface area contributed by atoms with Gasteiger partial charge in [0.05, 0.1) is 6.61 Å². The molecule has 0 aliphatic carbocycles. The van der Waals surface area contributed by atoms with Crippen molar-refractivity contribution >= 4 is 17.7 Å². The van der Waals surface area contributed by atoms with Crippen LogP contribution in [0.3, 0.4) is 0 Å². The van der Waals surface area contributed by atoms with Crippen molar-refractivity contribution in [1.29, 1.82) is 0 Å². The zero-order valence-corrected chi connectivity index (χ0v) is 11.2. The Morgan fingerprint density at radius 1 is 1.59 bits per heavy atom. The monoisotopic (exact) mass is 257 g/mol. The van der Waals surface area contributed by atoms with E-state index in [1.807, 2.05) is 20.1 Å². The third-order valence-corrected chi connectivity index (χ3v) is 3.80. The highest BCUT2D eigenvalue weighted by Crippen LogP contribution is 2.12. The second-order valence-corrected chi connectivity index (χ2v) is 4.92. The number of furan rings is 1. The van der Waals surface area contributed by atoms with E-state index in [2.05, 4.69) is 5.32 Å². The number of carbonyl (C=O) groups excluding carboxylic acids is 1. The minimum absolute atomic E-state index is 0.000409. The lowest BCUT2D eigenvalue weighted by Crippen LogP contribution is -2.41. The van der Waals surface area contributed by atoms with E-state index in [0.29, 0.717) is 5.76 Å². The molecular weight excluding hydrogens is 238 g/mol. The van der Waals surface area contributed by atoms with Crippen LogP contribution in [0.15, 0.2) is 16.5 Å². The van der Waals surface area contributed by atoms with Crippen molar-refractivity contribution in [3.63, 3.8) is 0 Å². The highest BCUT2D eigenvalue weighted by atomic mass is 32.2. The zero-order valence-electron chi connectivity index (χ0n) is 10.4. The fourth-order valence-corrected chi connectivity index (χ4v) is 2.12. The van der Waals surface area contributed by atoms with Crippen LogP contribution >= 0.6 is 11.8 Å². The summed E-state index contributed by atoms with van der Waals surface area (Å²) >= 11 is 1.53. The van der Waals surface area contributed by atoms with Crippen LogP contribution < -0.4 is 5.32 Å². The third-order valence-electron chi connectivity index (χ3n) is 2.63. The molecule has 2 atom stereocenters. The van der Waals surface area contributed by atoms with E-state index in [0.717, 1.165) is 12.2 Å². The lowest BCUT2D eigenvalue weighted by molar-refractivity contribution is 0.0906. The Morgan fingerprint density at radius 2 is 2.29 bits per heavy atom. The molecule has 2 N–H and O–H groups in total. The van der Waals surface area contributed by atoms with Gasteiger partial charge in [0.2, 0.25) is 0 Å². The van der Waals surface area contributed by atoms with Crippen LogP contribution in [0.2, 0.25) is 0 Å². The summed E-state index contributed by atoms with van der Waals surface area (Å²) in [6, 6.07) is 3.38. The van der Waals surface area contributed by atoms with Crippen LogP contribution in [0.5, 0.6) is 0 Å². The van der Waals surface area contributed by atoms with Crippen LogP contribution in [0.1, 0.15) is 30.2 Å². The van der Waals surface area contributed by atoms with Crippen molar-refractivity contribution < 1.29 is 14.3 Å². The number of aliphatic hydroxyl groups excluding tert-OH is 1. The van der Waals surface area contributed by atoms with Gasteiger partial charge < -0.3 is 14.8 Å². The molecule has 4 nitrogen and oxygen atoms in total. The Bertz CT molecular complexity index is 360. The molecule has 96 valence electrons. The molecule has 0 aliphatic heterocycles. The van der Waals surface area contributed by atoms with Crippen LogP contribution in [0.4, 0.5) is 0 Å². The first kappa shape index (κ1) is 14.1. The lowest BCUT2D eigenvalue weighted by Gasteiger charge is -2.20. The SMILES string of the molecule is CCc1ccc(C(=O)NC(C)C(CO)SC)o1. The summed E-state index contributed by atoms with van der Waals surface area (Å²) in [5.74, 6) is 0.891. The zero-order chi connectivity index (χ0) is 12.8. The summed E-state index contributed by atoms with van der Waals surface area (Å²) < 4.78 is 5.36. The van der Waals surface area contributed by atoms with Gasteiger partial charge in [-0.25, -0.2) is 0 Å². The minimum atomic E-state index is -0.232. The topological polar surface area (TPSA) is 62.5 Å². The van der Waals surface area contributed by atoms with E-state index in [4.69, 9.17) is 9.52 Å². The van der Waals surface area contributed by atoms with Crippen molar-refractivity contribution in [3.8, 4) is 0 Å². The van der Waals surface area contributed by atoms with E-state index in [9.17, 15) is 4.79 Å². The molecule has 0 aromatic carbocycles. The number of hydrogen-bond acceptors (Lipinski definition) is 4. The van der Waals surface area contributed by atoms with Gasteiger partial charge in [-0.05, 0) is 25.3 Å². The van der Waals surface area contributed by atoms with Crippen molar-refractivity contribution in [2.75, 3.05) is 12.9 Å². The number of hydrogen-bond donors (Lipinski definition) is 2. The maximum atomic E-state index is 11.8. The molecule has 1 heterocycles. The second kappa shape index (κ2) is 6.71. The van der Waals surface area contributed by atoms with Gasteiger partial charge >= 0.3 is 0 Å². The number of aryl methyl sites for hydroxylation is 1. The minimum Gasteiger partial charge on any atom is -0.456 e. The van der Waals surface area contributed by atoms with E-state index >= 15 is 0 Å². The molecule has 0 radical (unpaired) electrons. The van der Waals surface area contributed by atoms with Gasteiger partial charge in [-0.2, -0.15) is 11.8 Å². The molecule has 1 aromatic rings. The highest BCUT2D eigenvalue weighted by molar-refractivity contribution is 7.99. The quantitative estimate of drug-likeness (QED) is 0.814. The fourth-order valence-electron chi connectivity index (χ4n) is 1.50. The maximum absolute atomic E-state index is 11.8. The standard InChI is InChI=1S/C12H19NO3S/c1-4-9-5-6-10(16-9)12(15)13-8(2)11(7-14)17-3/h5-6,8,11,14H,4,7H2,1-3H3,(H,13,15). The lowest BCUT2D eigenvalue weighted by atomic mass is 10.2. The largest absolute Gasteiger partial charge is 0.456 e. The van der Waals surface area contributed by atoms with Crippen LogP contribution in [-0.2, 0) is 6.42 Å². The first-order valence-electron chi connectivity index (χ1n) is 5.65. The first-order valence-corrected chi connectivity index (χ1v) is 6.94. The Hall–Kier alpha value is -0.940. The van der Waals surface area contributed by atoms with Gasteiger partial charge in [0.25, 0.3) is 5.91 Å². The van der Waals surface area contributed by atoms with Crippen LogP contribution in [0.25, 0.3) is 0 Å². The number of nitrogens with one attached hydrogen (secondary N) is 1. The van der Waals surface area contributed by atoms with Gasteiger partial charge in [-0.15, -0.1) is 0 Å². The van der Waals surface area contributed by atoms with E-state index < -0.39 is 0 Å². The average Bonchev–Trinajstić information content (AvgIpc) is 2.79. The first-order chi connectivity index (χ1) is 8.12. The third kappa shape index (κ3) is 3.78. The van der Waals surface area contributed by atoms with E-state index in [-0.39, 0.29) is 23.8 Å². The normalized spacial score (nSPS) is 14.4. The number of aliphatic hydroxyl groups is 1. The predicted octanol–water partition coefficient (Wildman–Crippen LogP) is 1.68. The smallest absolute Gasteiger partial charge is 0.287 e. The summed E-state index contributed by atoms with van der Waals surface area (Å²) in [6.45, 7) is 3.89. The number of amides is 1. The van der Waals surface area contributed by atoms with Gasteiger partial charge in [0.1, 0.15) is 5.76 Å². The summed E-state index contributed by atoms with van der Waals surface area (Å²) in [5.41, 5.74) is 0. The molecule has 1 rings (SSSR count). The Labute approximate surface area is 106 Å². The molecule has 0 saturated heterocycles. The van der Waals surface area contributed by atoms with Crippen LogP contribution in [-0.4, -0.2) is 35.2 Å². The molecule has 0 fully saturated rings. The Morgan fingerprint density at radius 3 is 2.76 bits per heavy atom. The van der Waals surface area contributed by atoms with Gasteiger partial charge in [-0.3, -0.25) is 4.79 Å². The molecule has 0 saturated carbocycles. The molecule has 1 amide bonds. The van der Waals surface area contributed by atoms with Gasteiger partial charge in [0.15, 0.2) is 5.76 Å². The fraction of sp³-hybridized carbons (Fsp3) is 0.583. The maximum Gasteiger partial charge on any atom is 0.287 e. The van der Waals surface area contributed by atoms with Crippen molar-refractivity contribution in [1.82, 2.24) is 5.32 Å². The molecule has 1 aromatic heterocycles. The molecule has 0 aliphatic rings. The summed E-state index contributed by atoms with van der Waals surface area (Å²) in [6.07, 6.45) is 2.68. The second-order valence-electron chi connectivity index (χ2n) is 3.84. The van der Waals surface area contributed by atoms with E-state index in [1.165, 1.54) is 11.8 Å². The van der Waals surface area contributed by atoms with Gasteiger partial charge in [0, 0.05) is 17.7 Å². The van der Waals surface area contributed by atoms with Crippen molar-refractivity contribution in [2.45, 2.75) is 31.6 Å². The summed E-state index contributed by atoms with van der Waals surface area (Å²) in [7, 11) is 0. The summed E-state index contributed by atoms with van der Waals surface area (Å²) in [5, 5.41) is 11.9. The van der Waals surface area contributed by atoms with E-state index in [1.54, 1.807) is 12.1 Å². The summed E-state index contributed by atoms with van der Waals surface area (Å²) in [4.78, 5) is 11.8. The molecule has 2 unspecified atom stereocenters. The van der Waals surface area contributed by atoms with Gasteiger partial charge in [-0.1, -0.05) is 6.92 Å². The highest BCUT2D eigenvalue weighted by Gasteiger charge is 2.19. The average molecular weight is 257 g/mol.